The van der Waals surface area contributed by atoms with Crippen molar-refractivity contribution < 1.29 is 5.11 Å². The van der Waals surface area contributed by atoms with Crippen molar-refractivity contribution in [1.29, 1.82) is 0 Å². The topological polar surface area (TPSA) is 20.2 Å². The molecular formula is C7H10O. The molecule has 44 valence electrons. The molecule has 0 saturated carbocycles. The van der Waals surface area contributed by atoms with Gasteiger partial charge in [0.05, 0.1) is 5.60 Å². The largest absolute Gasteiger partial charge is 0.385 e. The number of hydrogen-bond acceptors (Lipinski definition) is 1. The first kappa shape index (κ1) is 7.26. The third-order valence-electron chi connectivity index (χ3n) is 0.900. The molecule has 0 amide bonds. The van der Waals surface area contributed by atoms with Gasteiger partial charge in [0.25, 0.3) is 0 Å². The first-order valence-corrected chi connectivity index (χ1v) is 2.42. The average molecular weight is 110 g/mol. The van der Waals surface area contributed by atoms with Crippen molar-refractivity contribution in [3.63, 3.8) is 0 Å². The molecule has 1 nitrogen and oxygen atoms in total. The van der Waals surface area contributed by atoms with Crippen LogP contribution in [0.2, 0.25) is 0 Å². The molecule has 0 saturated heterocycles. The predicted octanol–water partition coefficient (Wildman–Crippen LogP) is 0.947. The molecule has 0 fully saturated rings. The van der Waals surface area contributed by atoms with E-state index in [0.29, 0.717) is 6.42 Å². The Morgan fingerprint density at radius 1 is 2.00 bits per heavy atom. The van der Waals surface area contributed by atoms with Gasteiger partial charge in [-0.15, -0.1) is 18.9 Å². The summed E-state index contributed by atoms with van der Waals surface area (Å²) in [6.07, 6.45) is 6.70. The highest BCUT2D eigenvalue weighted by Crippen LogP contribution is 2.07. The van der Waals surface area contributed by atoms with E-state index < -0.39 is 5.60 Å². The lowest BCUT2D eigenvalue weighted by Gasteiger charge is -2.12. The van der Waals surface area contributed by atoms with E-state index >= 15 is 0 Å². The van der Waals surface area contributed by atoms with E-state index in [0.717, 1.165) is 0 Å². The van der Waals surface area contributed by atoms with Gasteiger partial charge in [-0.25, -0.2) is 0 Å². The Labute approximate surface area is 50.0 Å². The van der Waals surface area contributed by atoms with Gasteiger partial charge in [0, 0.05) is 6.42 Å². The molecular weight excluding hydrogens is 100 g/mol. The normalized spacial score (nSPS) is 16.1. The number of rotatable bonds is 2. The first-order chi connectivity index (χ1) is 3.62. The maximum Gasteiger partial charge on any atom is 0.0905 e. The lowest BCUT2D eigenvalue weighted by atomic mass is 10.0. The molecule has 0 aliphatic carbocycles. The molecule has 0 heterocycles. The zero-order valence-corrected chi connectivity index (χ0v) is 5.02. The summed E-state index contributed by atoms with van der Waals surface area (Å²) in [4.78, 5) is 0. The van der Waals surface area contributed by atoms with E-state index in [1.807, 2.05) is 0 Å². The van der Waals surface area contributed by atoms with Crippen LogP contribution in [0.3, 0.4) is 0 Å². The highest BCUT2D eigenvalue weighted by atomic mass is 16.3. The van der Waals surface area contributed by atoms with Crippen molar-refractivity contribution in [3.05, 3.63) is 12.7 Å². The standard InChI is InChI=1S/C7H10O/c1-4-6-7(3,8)5-2/h1,5,8H,2,6H2,3H3/t7-/m0/s1. The van der Waals surface area contributed by atoms with Crippen molar-refractivity contribution >= 4 is 0 Å². The van der Waals surface area contributed by atoms with Crippen LogP contribution in [0.5, 0.6) is 0 Å². The van der Waals surface area contributed by atoms with E-state index in [-0.39, 0.29) is 0 Å². The summed E-state index contributed by atoms with van der Waals surface area (Å²) in [5, 5.41) is 9.06. The number of aliphatic hydroxyl groups is 1. The highest BCUT2D eigenvalue weighted by Gasteiger charge is 2.11. The Hall–Kier alpha value is -0.740. The number of terminal acetylenes is 1. The van der Waals surface area contributed by atoms with Crippen LogP contribution in [0.15, 0.2) is 12.7 Å². The predicted molar refractivity (Wildman–Crippen MR) is 34.3 cm³/mol. The van der Waals surface area contributed by atoms with Crippen molar-refractivity contribution in [2.24, 2.45) is 0 Å². The van der Waals surface area contributed by atoms with Gasteiger partial charge in [-0.3, -0.25) is 0 Å². The third kappa shape index (κ3) is 2.44. The van der Waals surface area contributed by atoms with Crippen molar-refractivity contribution in [3.8, 4) is 12.3 Å². The van der Waals surface area contributed by atoms with Crippen LogP contribution in [-0.4, -0.2) is 10.7 Å². The maximum atomic E-state index is 9.06. The third-order valence-corrected chi connectivity index (χ3v) is 0.900. The van der Waals surface area contributed by atoms with E-state index in [4.69, 9.17) is 11.5 Å². The van der Waals surface area contributed by atoms with Crippen molar-refractivity contribution in [2.45, 2.75) is 18.9 Å². The SMILES string of the molecule is C#CC[C@@](C)(O)C=C. The minimum atomic E-state index is -0.880. The molecule has 0 aromatic carbocycles. The Kier molecular flexibility index (Phi) is 2.30. The Bertz CT molecular complexity index is 117. The van der Waals surface area contributed by atoms with Gasteiger partial charge in [0.1, 0.15) is 0 Å². The maximum absolute atomic E-state index is 9.06. The molecule has 0 bridgehead atoms. The van der Waals surface area contributed by atoms with Crippen molar-refractivity contribution in [1.82, 2.24) is 0 Å². The molecule has 0 rings (SSSR count). The van der Waals surface area contributed by atoms with Crippen LogP contribution in [0.4, 0.5) is 0 Å². The molecule has 0 aliphatic rings. The Balaban J connectivity index is 3.76. The molecule has 1 atom stereocenters. The van der Waals surface area contributed by atoms with Crippen LogP contribution in [-0.2, 0) is 0 Å². The average Bonchev–Trinajstić information content (AvgIpc) is 1.67. The fraction of sp³-hybridized carbons (Fsp3) is 0.429. The van der Waals surface area contributed by atoms with E-state index in [9.17, 15) is 0 Å². The first-order valence-electron chi connectivity index (χ1n) is 2.42. The Morgan fingerprint density at radius 3 is 2.62 bits per heavy atom. The summed E-state index contributed by atoms with van der Waals surface area (Å²) in [6, 6.07) is 0. The summed E-state index contributed by atoms with van der Waals surface area (Å²) in [6.45, 7) is 5.03. The van der Waals surface area contributed by atoms with E-state index in [1.165, 1.54) is 6.08 Å². The molecule has 1 heteroatoms. The number of hydrogen-bond donors (Lipinski definition) is 1. The fourth-order valence-corrected chi connectivity index (χ4v) is 0.279. The summed E-state index contributed by atoms with van der Waals surface area (Å²) in [5.41, 5.74) is -0.880. The molecule has 0 aromatic heterocycles. The summed E-state index contributed by atoms with van der Waals surface area (Å²) in [7, 11) is 0. The van der Waals surface area contributed by atoms with Gasteiger partial charge >= 0.3 is 0 Å². The molecule has 0 aliphatic heterocycles. The lowest BCUT2D eigenvalue weighted by Crippen LogP contribution is -2.18. The van der Waals surface area contributed by atoms with Crippen LogP contribution in [0, 0.1) is 12.3 Å². The van der Waals surface area contributed by atoms with Crippen LogP contribution >= 0.6 is 0 Å². The Morgan fingerprint density at radius 2 is 2.50 bits per heavy atom. The van der Waals surface area contributed by atoms with Gasteiger partial charge in [0.2, 0.25) is 0 Å². The minimum absolute atomic E-state index is 0.330. The molecule has 1 N–H and O–H groups in total. The molecule has 0 unspecified atom stereocenters. The second-order valence-electron chi connectivity index (χ2n) is 1.94. The van der Waals surface area contributed by atoms with Crippen LogP contribution < -0.4 is 0 Å². The van der Waals surface area contributed by atoms with Gasteiger partial charge in [-0.1, -0.05) is 6.08 Å². The molecule has 0 aromatic rings. The van der Waals surface area contributed by atoms with Crippen LogP contribution in [0.25, 0.3) is 0 Å². The van der Waals surface area contributed by atoms with E-state index in [2.05, 4.69) is 12.5 Å². The highest BCUT2D eigenvalue weighted by molar-refractivity contribution is 5.01. The van der Waals surface area contributed by atoms with Crippen molar-refractivity contribution in [2.75, 3.05) is 0 Å². The summed E-state index contributed by atoms with van der Waals surface area (Å²) in [5.74, 6) is 2.34. The monoisotopic (exact) mass is 110 g/mol. The summed E-state index contributed by atoms with van der Waals surface area (Å²) >= 11 is 0. The van der Waals surface area contributed by atoms with Gasteiger partial charge in [-0.05, 0) is 6.92 Å². The quantitative estimate of drug-likeness (QED) is 0.414. The fourth-order valence-electron chi connectivity index (χ4n) is 0.279. The minimum Gasteiger partial charge on any atom is -0.385 e. The molecule has 8 heavy (non-hydrogen) atoms. The summed E-state index contributed by atoms with van der Waals surface area (Å²) < 4.78 is 0. The molecule has 0 spiro atoms. The smallest absolute Gasteiger partial charge is 0.0905 e. The second-order valence-corrected chi connectivity index (χ2v) is 1.94. The second kappa shape index (κ2) is 2.54. The lowest BCUT2D eigenvalue weighted by molar-refractivity contribution is 0.118. The van der Waals surface area contributed by atoms with E-state index in [1.54, 1.807) is 6.92 Å². The zero-order valence-electron chi connectivity index (χ0n) is 5.02. The van der Waals surface area contributed by atoms with Crippen LogP contribution in [0.1, 0.15) is 13.3 Å². The zero-order chi connectivity index (χ0) is 6.62. The van der Waals surface area contributed by atoms with Gasteiger partial charge in [-0.2, -0.15) is 0 Å². The molecule has 0 radical (unpaired) electrons. The van der Waals surface area contributed by atoms with Gasteiger partial charge in [0.15, 0.2) is 0 Å². The van der Waals surface area contributed by atoms with Gasteiger partial charge < -0.3 is 5.11 Å².